The SMILES string of the molecule is O=C(O)CCN1CSc2nnc(-c3cccc(Br)c3)n2C1. The van der Waals surface area contributed by atoms with Crippen molar-refractivity contribution < 1.29 is 9.90 Å². The number of hydrogen-bond donors (Lipinski definition) is 1. The summed E-state index contributed by atoms with van der Waals surface area (Å²) in [4.78, 5) is 12.8. The van der Waals surface area contributed by atoms with Crippen LogP contribution in [0.2, 0.25) is 0 Å². The van der Waals surface area contributed by atoms with Crippen molar-refractivity contribution in [2.45, 2.75) is 18.2 Å². The number of benzene rings is 1. The minimum Gasteiger partial charge on any atom is -0.481 e. The van der Waals surface area contributed by atoms with Gasteiger partial charge in [0.2, 0.25) is 0 Å². The van der Waals surface area contributed by atoms with Crippen LogP contribution >= 0.6 is 27.7 Å². The Morgan fingerprint density at radius 3 is 3.05 bits per heavy atom. The smallest absolute Gasteiger partial charge is 0.304 e. The van der Waals surface area contributed by atoms with Gasteiger partial charge in [-0.15, -0.1) is 10.2 Å². The summed E-state index contributed by atoms with van der Waals surface area (Å²) in [6, 6.07) is 7.91. The second-order valence-electron chi connectivity index (χ2n) is 4.70. The molecule has 0 fully saturated rings. The van der Waals surface area contributed by atoms with Gasteiger partial charge in [0, 0.05) is 16.6 Å². The van der Waals surface area contributed by atoms with E-state index in [0.29, 0.717) is 13.2 Å². The number of rotatable bonds is 4. The maximum Gasteiger partial charge on any atom is 0.304 e. The molecule has 0 spiro atoms. The molecule has 0 saturated heterocycles. The molecule has 2 heterocycles. The number of fused-ring (bicyclic) bond motifs is 1. The Balaban J connectivity index is 1.84. The summed E-state index contributed by atoms with van der Waals surface area (Å²) < 4.78 is 3.01. The van der Waals surface area contributed by atoms with Crippen LogP contribution in [0.15, 0.2) is 33.9 Å². The number of halogens is 1. The highest BCUT2D eigenvalue weighted by Gasteiger charge is 2.22. The Bertz CT molecular complexity index is 676. The molecule has 0 bridgehead atoms. The van der Waals surface area contributed by atoms with Crippen molar-refractivity contribution >= 4 is 33.7 Å². The molecule has 0 amide bonds. The summed E-state index contributed by atoms with van der Waals surface area (Å²) in [5.74, 6) is 0.768. The fraction of sp³-hybridized carbons (Fsp3) is 0.308. The van der Waals surface area contributed by atoms with Gasteiger partial charge in [-0.05, 0) is 12.1 Å². The average molecular weight is 369 g/mol. The van der Waals surface area contributed by atoms with Crippen molar-refractivity contribution in [3.8, 4) is 11.4 Å². The molecule has 2 aromatic rings. The number of aliphatic carboxylic acids is 1. The Hall–Kier alpha value is -1.38. The average Bonchev–Trinajstić information content (AvgIpc) is 2.88. The van der Waals surface area contributed by atoms with Crippen molar-refractivity contribution in [1.82, 2.24) is 19.7 Å². The third-order valence-electron chi connectivity index (χ3n) is 3.16. The van der Waals surface area contributed by atoms with Gasteiger partial charge in [-0.2, -0.15) is 0 Å². The van der Waals surface area contributed by atoms with E-state index in [2.05, 4.69) is 31.0 Å². The van der Waals surface area contributed by atoms with E-state index in [9.17, 15) is 4.79 Å². The number of hydrogen-bond acceptors (Lipinski definition) is 5. The van der Waals surface area contributed by atoms with E-state index in [1.807, 2.05) is 28.8 Å². The summed E-state index contributed by atoms with van der Waals surface area (Å²) >= 11 is 5.04. The second-order valence-corrected chi connectivity index (χ2v) is 6.53. The zero-order chi connectivity index (χ0) is 14.8. The van der Waals surface area contributed by atoms with Crippen LogP contribution in [0.25, 0.3) is 11.4 Å². The van der Waals surface area contributed by atoms with Crippen LogP contribution in [0.4, 0.5) is 0 Å². The summed E-state index contributed by atoms with van der Waals surface area (Å²) in [6.45, 7) is 1.14. The first kappa shape index (κ1) is 14.6. The summed E-state index contributed by atoms with van der Waals surface area (Å²) in [5.41, 5.74) is 0.990. The first-order valence-electron chi connectivity index (χ1n) is 6.39. The largest absolute Gasteiger partial charge is 0.481 e. The zero-order valence-electron chi connectivity index (χ0n) is 11.1. The van der Waals surface area contributed by atoms with Gasteiger partial charge in [-0.3, -0.25) is 14.3 Å². The number of carboxylic acids is 1. The molecule has 6 nitrogen and oxygen atoms in total. The Morgan fingerprint density at radius 2 is 2.29 bits per heavy atom. The van der Waals surface area contributed by atoms with E-state index in [4.69, 9.17) is 5.11 Å². The molecule has 0 saturated carbocycles. The molecule has 1 aromatic carbocycles. The van der Waals surface area contributed by atoms with Crippen molar-refractivity contribution in [3.05, 3.63) is 28.7 Å². The lowest BCUT2D eigenvalue weighted by Crippen LogP contribution is -2.32. The number of aromatic nitrogens is 3. The quantitative estimate of drug-likeness (QED) is 0.893. The monoisotopic (exact) mass is 368 g/mol. The van der Waals surface area contributed by atoms with E-state index in [0.717, 1.165) is 26.9 Å². The summed E-state index contributed by atoms with van der Waals surface area (Å²) in [5, 5.41) is 18.1. The van der Waals surface area contributed by atoms with Crippen LogP contribution in [0.1, 0.15) is 6.42 Å². The molecule has 8 heteroatoms. The van der Waals surface area contributed by atoms with E-state index in [1.165, 1.54) is 0 Å². The number of thioether (sulfide) groups is 1. The Kier molecular flexibility index (Phi) is 4.27. The molecule has 110 valence electrons. The predicted molar refractivity (Wildman–Crippen MR) is 82.8 cm³/mol. The van der Waals surface area contributed by atoms with Crippen LogP contribution in [0.3, 0.4) is 0 Å². The lowest BCUT2D eigenvalue weighted by atomic mass is 10.2. The van der Waals surface area contributed by atoms with Gasteiger partial charge in [-0.25, -0.2) is 0 Å². The number of carboxylic acid groups (broad SMARTS) is 1. The molecule has 0 radical (unpaired) electrons. The molecule has 0 unspecified atom stereocenters. The Labute approximate surface area is 134 Å². The molecule has 0 aliphatic carbocycles. The number of nitrogens with zero attached hydrogens (tertiary/aromatic N) is 4. The first-order valence-corrected chi connectivity index (χ1v) is 8.17. The highest BCUT2D eigenvalue weighted by atomic mass is 79.9. The highest BCUT2D eigenvalue weighted by molar-refractivity contribution is 9.10. The van der Waals surface area contributed by atoms with E-state index in [1.54, 1.807) is 11.8 Å². The molecule has 1 aliphatic heterocycles. The van der Waals surface area contributed by atoms with Gasteiger partial charge in [0.05, 0.1) is 19.0 Å². The predicted octanol–water partition coefficient (Wildman–Crippen LogP) is 2.51. The molecule has 0 atom stereocenters. The third-order valence-corrected chi connectivity index (χ3v) is 4.71. The van der Waals surface area contributed by atoms with Crippen molar-refractivity contribution in [2.75, 3.05) is 12.4 Å². The van der Waals surface area contributed by atoms with Gasteiger partial charge >= 0.3 is 5.97 Å². The van der Waals surface area contributed by atoms with Gasteiger partial charge in [0.25, 0.3) is 0 Å². The number of carbonyl (C=O) groups is 1. The van der Waals surface area contributed by atoms with Crippen molar-refractivity contribution in [3.63, 3.8) is 0 Å². The van der Waals surface area contributed by atoms with Gasteiger partial charge < -0.3 is 5.11 Å². The van der Waals surface area contributed by atoms with Crippen LogP contribution in [0, 0.1) is 0 Å². The molecule has 21 heavy (non-hydrogen) atoms. The van der Waals surface area contributed by atoms with Gasteiger partial charge in [0.15, 0.2) is 11.0 Å². The zero-order valence-corrected chi connectivity index (χ0v) is 13.5. The van der Waals surface area contributed by atoms with Gasteiger partial charge in [0.1, 0.15) is 0 Å². The molecule has 1 aliphatic rings. The van der Waals surface area contributed by atoms with Crippen molar-refractivity contribution in [1.29, 1.82) is 0 Å². The standard InChI is InChI=1S/C13H13BrN4O2S/c14-10-3-1-2-9(6-10)12-15-16-13-18(12)7-17(8-21-13)5-4-11(19)20/h1-3,6H,4-5,7-8H2,(H,19,20). The van der Waals surface area contributed by atoms with Crippen molar-refractivity contribution in [2.24, 2.45) is 0 Å². The maximum absolute atomic E-state index is 10.7. The Morgan fingerprint density at radius 1 is 1.43 bits per heavy atom. The summed E-state index contributed by atoms with van der Waals surface area (Å²) in [7, 11) is 0. The van der Waals surface area contributed by atoms with Crippen LogP contribution in [-0.2, 0) is 11.5 Å². The first-order chi connectivity index (χ1) is 10.1. The van der Waals surface area contributed by atoms with Crippen LogP contribution in [0.5, 0.6) is 0 Å². The van der Waals surface area contributed by atoms with E-state index >= 15 is 0 Å². The molecule has 1 aromatic heterocycles. The van der Waals surface area contributed by atoms with Crippen LogP contribution in [-0.4, -0.2) is 43.2 Å². The molecule has 3 rings (SSSR count). The molecule has 1 N–H and O–H groups in total. The highest BCUT2D eigenvalue weighted by Crippen LogP contribution is 2.29. The fourth-order valence-corrected chi connectivity index (χ4v) is 3.45. The normalized spacial score (nSPS) is 14.9. The molecular formula is C13H13BrN4O2S. The second kappa shape index (κ2) is 6.17. The lowest BCUT2D eigenvalue weighted by molar-refractivity contribution is -0.137. The van der Waals surface area contributed by atoms with E-state index < -0.39 is 5.97 Å². The van der Waals surface area contributed by atoms with E-state index in [-0.39, 0.29) is 6.42 Å². The minimum atomic E-state index is -0.776. The topological polar surface area (TPSA) is 71.2 Å². The minimum absolute atomic E-state index is 0.143. The fourth-order valence-electron chi connectivity index (χ4n) is 2.14. The van der Waals surface area contributed by atoms with Gasteiger partial charge in [-0.1, -0.05) is 39.8 Å². The molecular weight excluding hydrogens is 356 g/mol. The lowest BCUT2D eigenvalue weighted by Gasteiger charge is -2.27. The third kappa shape index (κ3) is 3.28. The van der Waals surface area contributed by atoms with Crippen LogP contribution < -0.4 is 0 Å². The maximum atomic E-state index is 10.7. The summed E-state index contributed by atoms with van der Waals surface area (Å²) in [6.07, 6.45) is 0.143.